The van der Waals surface area contributed by atoms with Gasteiger partial charge in [-0.3, -0.25) is 0 Å². The lowest BCUT2D eigenvalue weighted by Gasteiger charge is -2.30. The van der Waals surface area contributed by atoms with E-state index in [1.165, 1.54) is 4.57 Å². The molecule has 5 rings (SSSR count). The second kappa shape index (κ2) is 9.24. The molecule has 0 atom stereocenters. The van der Waals surface area contributed by atoms with Gasteiger partial charge in [0.1, 0.15) is 11.3 Å². The maximum Gasteiger partial charge on any atom is 0.256 e. The van der Waals surface area contributed by atoms with Crippen molar-refractivity contribution in [3.05, 3.63) is 48.2 Å². The van der Waals surface area contributed by atoms with E-state index >= 15 is 0 Å². The fourth-order valence-corrected chi connectivity index (χ4v) is 4.95. The van der Waals surface area contributed by atoms with E-state index in [4.69, 9.17) is 10.1 Å². The van der Waals surface area contributed by atoms with Crippen LogP contribution < -0.4 is 10.6 Å². The van der Waals surface area contributed by atoms with Crippen molar-refractivity contribution in [2.75, 3.05) is 5.32 Å². The predicted molar refractivity (Wildman–Crippen MR) is 133 cm³/mol. The van der Waals surface area contributed by atoms with Crippen molar-refractivity contribution < 1.29 is 8.78 Å². The van der Waals surface area contributed by atoms with Crippen molar-refractivity contribution in [3.8, 4) is 11.3 Å². The molecule has 0 radical (unpaired) electrons. The maximum atomic E-state index is 13.1. The van der Waals surface area contributed by atoms with Crippen molar-refractivity contribution >= 4 is 22.6 Å². The van der Waals surface area contributed by atoms with Crippen LogP contribution in [-0.2, 0) is 6.54 Å². The number of anilines is 1. The minimum atomic E-state index is -2.48. The molecule has 1 aliphatic carbocycles. The lowest BCUT2D eigenvalue weighted by molar-refractivity contribution is 0.127. The van der Waals surface area contributed by atoms with Crippen LogP contribution in [0.3, 0.4) is 0 Å². The largest absolute Gasteiger partial charge is 0.386 e. The minimum Gasteiger partial charge on any atom is -0.386 e. The Morgan fingerprint density at radius 1 is 1.14 bits per heavy atom. The number of fused-ring (bicyclic) bond motifs is 2. The quantitative estimate of drug-likeness (QED) is 0.393. The monoisotopic (exact) mass is 480 g/mol. The molecule has 1 aliphatic rings. The summed E-state index contributed by atoms with van der Waals surface area (Å²) >= 11 is 0. The Hall–Kier alpha value is -3.56. The molecule has 1 fully saturated rings. The number of hydrogen-bond donors (Lipinski definition) is 2. The molecule has 1 saturated carbocycles. The van der Waals surface area contributed by atoms with Crippen LogP contribution in [0, 0.1) is 13.8 Å². The van der Waals surface area contributed by atoms with Gasteiger partial charge in [-0.25, -0.2) is 28.2 Å². The zero-order valence-electron chi connectivity index (χ0n) is 20.2. The standard InChI is InChI=1S/C25H30F2N8/c1-14(2)29-17-5-7-18(8-6-17)31-25-28-12-22-19(11-15(3)35(22)33-25)20-9-10-21-24(32-20)34(13-23(26)27)16(4)30-21/h9-12,17-18,23,29H,1,5-8,13H2,2-4H3,(H,31,33). The van der Waals surface area contributed by atoms with Gasteiger partial charge in [0.25, 0.3) is 6.43 Å². The van der Waals surface area contributed by atoms with Gasteiger partial charge in [-0.05, 0) is 64.7 Å². The third-order valence-electron chi connectivity index (χ3n) is 6.59. The van der Waals surface area contributed by atoms with Crippen LogP contribution in [0.1, 0.15) is 44.1 Å². The number of imidazole rings is 1. The van der Waals surface area contributed by atoms with E-state index in [2.05, 4.69) is 27.2 Å². The van der Waals surface area contributed by atoms with Crippen LogP contribution in [0.15, 0.2) is 36.7 Å². The van der Waals surface area contributed by atoms with Crippen molar-refractivity contribution in [2.24, 2.45) is 0 Å². The number of allylic oxidation sites excluding steroid dienone is 1. The van der Waals surface area contributed by atoms with Crippen LogP contribution in [0.5, 0.6) is 0 Å². The first-order valence-corrected chi connectivity index (χ1v) is 11.9. The smallest absolute Gasteiger partial charge is 0.256 e. The summed E-state index contributed by atoms with van der Waals surface area (Å²) in [5, 5.41) is 11.6. The zero-order chi connectivity index (χ0) is 24.7. The number of aromatic nitrogens is 6. The first kappa shape index (κ1) is 23.2. The molecule has 0 aromatic carbocycles. The van der Waals surface area contributed by atoms with E-state index in [0.29, 0.717) is 40.7 Å². The van der Waals surface area contributed by atoms with Crippen LogP contribution in [0.4, 0.5) is 14.7 Å². The van der Waals surface area contributed by atoms with Crippen molar-refractivity contribution in [3.63, 3.8) is 0 Å². The average molecular weight is 481 g/mol. The molecule has 8 nitrogen and oxygen atoms in total. The molecule has 10 heteroatoms. The average Bonchev–Trinajstić information content (AvgIpc) is 3.30. The predicted octanol–water partition coefficient (Wildman–Crippen LogP) is 4.87. The molecule has 4 aromatic heterocycles. The highest BCUT2D eigenvalue weighted by Gasteiger charge is 2.22. The van der Waals surface area contributed by atoms with E-state index in [-0.39, 0.29) is 0 Å². The summed E-state index contributed by atoms with van der Waals surface area (Å²) in [5.41, 5.74) is 5.34. The van der Waals surface area contributed by atoms with Crippen molar-refractivity contribution in [2.45, 2.75) is 71.5 Å². The summed E-state index contributed by atoms with van der Waals surface area (Å²) in [5.74, 6) is 1.11. The van der Waals surface area contributed by atoms with Gasteiger partial charge in [-0.2, -0.15) is 0 Å². The molecular weight excluding hydrogens is 450 g/mol. The molecule has 2 N–H and O–H groups in total. The summed E-state index contributed by atoms with van der Waals surface area (Å²) in [6.45, 7) is 9.19. The second-order valence-corrected chi connectivity index (χ2v) is 9.40. The highest BCUT2D eigenvalue weighted by molar-refractivity contribution is 5.83. The van der Waals surface area contributed by atoms with Gasteiger partial charge in [0.15, 0.2) is 5.65 Å². The molecule has 0 aliphatic heterocycles. The lowest BCUT2D eigenvalue weighted by atomic mass is 9.91. The summed E-state index contributed by atoms with van der Waals surface area (Å²) in [6.07, 6.45) is 3.55. The number of hydrogen-bond acceptors (Lipinski definition) is 6. The Kier molecular flexibility index (Phi) is 6.12. The highest BCUT2D eigenvalue weighted by Crippen LogP contribution is 2.29. The van der Waals surface area contributed by atoms with Gasteiger partial charge >= 0.3 is 0 Å². The molecule has 0 bridgehead atoms. The highest BCUT2D eigenvalue weighted by atomic mass is 19.3. The molecule has 0 saturated heterocycles. The van der Waals surface area contributed by atoms with E-state index in [0.717, 1.165) is 48.2 Å². The Labute approximate surface area is 202 Å². The van der Waals surface area contributed by atoms with Crippen LogP contribution in [0.25, 0.3) is 27.9 Å². The lowest BCUT2D eigenvalue weighted by Crippen LogP contribution is -2.36. The number of aryl methyl sites for hydroxylation is 2. The number of rotatable bonds is 7. The maximum absolute atomic E-state index is 13.1. The zero-order valence-corrected chi connectivity index (χ0v) is 20.2. The van der Waals surface area contributed by atoms with Gasteiger partial charge in [0.2, 0.25) is 5.95 Å². The Bertz CT molecular complexity index is 1380. The molecular formula is C25H30F2N8. The Morgan fingerprint density at radius 3 is 2.60 bits per heavy atom. The molecule has 184 valence electrons. The first-order chi connectivity index (χ1) is 16.8. The topological polar surface area (TPSA) is 85.0 Å². The Morgan fingerprint density at radius 2 is 1.89 bits per heavy atom. The van der Waals surface area contributed by atoms with Crippen molar-refractivity contribution in [1.29, 1.82) is 0 Å². The van der Waals surface area contributed by atoms with Gasteiger partial charge < -0.3 is 15.2 Å². The molecule has 4 heterocycles. The summed E-state index contributed by atoms with van der Waals surface area (Å²) in [4.78, 5) is 13.6. The third kappa shape index (κ3) is 4.69. The third-order valence-corrected chi connectivity index (χ3v) is 6.59. The van der Waals surface area contributed by atoms with E-state index in [1.54, 1.807) is 13.1 Å². The number of nitrogens with one attached hydrogen (secondary N) is 2. The number of pyridine rings is 1. The molecule has 0 unspecified atom stereocenters. The van der Waals surface area contributed by atoms with E-state index in [9.17, 15) is 8.78 Å². The fourth-order valence-electron chi connectivity index (χ4n) is 4.95. The molecule has 0 spiro atoms. The SMILES string of the molecule is C=C(C)NC1CCC(Nc2ncc3c(-c4ccc5nc(C)n(CC(F)F)c5n4)cc(C)n3n2)CC1. The van der Waals surface area contributed by atoms with Gasteiger partial charge in [-0.1, -0.05) is 6.58 Å². The van der Waals surface area contributed by atoms with Gasteiger partial charge in [-0.15, -0.1) is 5.10 Å². The van der Waals surface area contributed by atoms with Crippen molar-refractivity contribution in [1.82, 2.24) is 34.4 Å². The molecule has 35 heavy (non-hydrogen) atoms. The fraction of sp³-hybridized carbons (Fsp3) is 0.440. The molecule has 4 aromatic rings. The first-order valence-electron chi connectivity index (χ1n) is 11.9. The van der Waals surface area contributed by atoms with E-state index in [1.807, 2.05) is 36.6 Å². The van der Waals surface area contributed by atoms with Crippen LogP contribution >= 0.6 is 0 Å². The number of alkyl halides is 2. The summed E-state index contributed by atoms with van der Waals surface area (Å²) < 4.78 is 29.5. The Balaban J connectivity index is 1.40. The van der Waals surface area contributed by atoms with E-state index < -0.39 is 13.0 Å². The summed E-state index contributed by atoms with van der Waals surface area (Å²) in [7, 11) is 0. The van der Waals surface area contributed by atoms with Gasteiger partial charge in [0.05, 0.1) is 24.0 Å². The number of halogens is 2. The normalized spacial score (nSPS) is 18.5. The van der Waals surface area contributed by atoms with Crippen LogP contribution in [-0.4, -0.2) is 47.6 Å². The second-order valence-electron chi connectivity index (χ2n) is 9.40. The number of nitrogens with zero attached hydrogens (tertiary/aromatic N) is 6. The summed E-state index contributed by atoms with van der Waals surface area (Å²) in [6, 6.07) is 6.49. The molecule has 0 amide bonds. The van der Waals surface area contributed by atoms with Gasteiger partial charge in [0, 0.05) is 29.0 Å². The van der Waals surface area contributed by atoms with Crippen LogP contribution in [0.2, 0.25) is 0 Å². The minimum absolute atomic E-state index is 0.327.